The number of hydrogen-bond donors (Lipinski definition) is 1. The first-order valence-electron chi connectivity index (χ1n) is 7.53. The highest BCUT2D eigenvalue weighted by atomic mass is 16.5. The van der Waals surface area contributed by atoms with Crippen molar-refractivity contribution in [1.29, 1.82) is 0 Å². The predicted octanol–water partition coefficient (Wildman–Crippen LogP) is 4.89. The van der Waals surface area contributed by atoms with Crippen LogP contribution in [0.2, 0.25) is 0 Å². The molecule has 0 aromatic heterocycles. The quantitative estimate of drug-likeness (QED) is 0.697. The second-order valence-electron chi connectivity index (χ2n) is 5.73. The van der Waals surface area contributed by atoms with Crippen molar-refractivity contribution in [2.24, 2.45) is 0 Å². The van der Waals surface area contributed by atoms with Crippen molar-refractivity contribution in [2.45, 2.75) is 19.8 Å². The van der Waals surface area contributed by atoms with E-state index in [1.54, 1.807) is 7.11 Å². The van der Waals surface area contributed by atoms with E-state index < -0.39 is 0 Å². The highest BCUT2D eigenvalue weighted by molar-refractivity contribution is 5.89. The highest BCUT2D eigenvalue weighted by Crippen LogP contribution is 2.38. The third kappa shape index (κ3) is 2.41. The number of nitrogen functional groups attached to an aromatic ring is 1. The molecule has 0 bridgehead atoms. The fraction of sp³-hybridized carbons (Fsp3) is 0.200. The van der Waals surface area contributed by atoms with Crippen LogP contribution in [-0.4, -0.2) is 7.11 Å². The van der Waals surface area contributed by atoms with Crippen LogP contribution in [0.4, 0.5) is 5.69 Å². The van der Waals surface area contributed by atoms with Crippen LogP contribution in [0.3, 0.4) is 0 Å². The van der Waals surface area contributed by atoms with E-state index in [2.05, 4.69) is 56.3 Å². The first-order valence-corrected chi connectivity index (χ1v) is 7.53. The smallest absolute Gasteiger partial charge is 0.123 e. The summed E-state index contributed by atoms with van der Waals surface area (Å²) < 4.78 is 5.68. The molecule has 3 aromatic rings. The van der Waals surface area contributed by atoms with Crippen molar-refractivity contribution >= 4 is 16.5 Å². The van der Waals surface area contributed by atoms with E-state index in [1.807, 2.05) is 12.1 Å². The number of rotatable bonds is 3. The Kier molecular flexibility index (Phi) is 3.76. The van der Waals surface area contributed by atoms with Crippen molar-refractivity contribution in [1.82, 2.24) is 0 Å². The van der Waals surface area contributed by atoms with Gasteiger partial charge in [-0.2, -0.15) is 0 Å². The second kappa shape index (κ2) is 5.72. The van der Waals surface area contributed by atoms with Crippen LogP contribution in [0.5, 0.6) is 5.75 Å². The topological polar surface area (TPSA) is 35.2 Å². The number of benzene rings is 3. The molecule has 0 aliphatic rings. The molecule has 0 heterocycles. The molecule has 0 saturated heterocycles. The molecule has 112 valence electrons. The Morgan fingerprint density at radius 3 is 2.36 bits per heavy atom. The molecule has 0 saturated carbocycles. The number of anilines is 1. The van der Waals surface area contributed by atoms with Crippen molar-refractivity contribution in [3.05, 3.63) is 71.3 Å². The average Bonchev–Trinajstić information content (AvgIpc) is 2.55. The van der Waals surface area contributed by atoms with Gasteiger partial charge >= 0.3 is 0 Å². The molecular weight excluding hydrogens is 270 g/mol. The third-order valence-corrected chi connectivity index (χ3v) is 4.41. The van der Waals surface area contributed by atoms with E-state index in [4.69, 9.17) is 10.5 Å². The van der Waals surface area contributed by atoms with Gasteiger partial charge in [0.25, 0.3) is 0 Å². The number of nitrogens with two attached hydrogens (primary N) is 1. The van der Waals surface area contributed by atoms with Crippen LogP contribution >= 0.6 is 0 Å². The molecule has 3 rings (SSSR count). The van der Waals surface area contributed by atoms with Crippen molar-refractivity contribution < 1.29 is 4.74 Å². The van der Waals surface area contributed by atoms with Gasteiger partial charge in [-0.3, -0.25) is 0 Å². The highest BCUT2D eigenvalue weighted by Gasteiger charge is 2.18. The van der Waals surface area contributed by atoms with E-state index >= 15 is 0 Å². The molecule has 0 fully saturated rings. The van der Waals surface area contributed by atoms with Crippen molar-refractivity contribution in [2.75, 3.05) is 12.8 Å². The molecule has 0 spiro atoms. The van der Waals surface area contributed by atoms with Gasteiger partial charge in [-0.1, -0.05) is 43.3 Å². The summed E-state index contributed by atoms with van der Waals surface area (Å²) in [4.78, 5) is 0. The zero-order valence-corrected chi connectivity index (χ0v) is 13.3. The first kappa shape index (κ1) is 14.5. The molecule has 2 N–H and O–H groups in total. The fourth-order valence-electron chi connectivity index (χ4n) is 3.17. The minimum Gasteiger partial charge on any atom is -0.496 e. The maximum absolute atomic E-state index is 5.80. The SMILES string of the molecule is COc1cc2ccccc2c(C)c1[C@@H](C)c1ccc(N)cc1. The Bertz CT molecular complexity index is 806. The molecule has 0 radical (unpaired) electrons. The summed E-state index contributed by atoms with van der Waals surface area (Å²) in [6, 6.07) is 18.7. The summed E-state index contributed by atoms with van der Waals surface area (Å²) in [5, 5.41) is 2.49. The number of ether oxygens (including phenoxy) is 1. The zero-order chi connectivity index (χ0) is 15.7. The minimum atomic E-state index is 0.250. The van der Waals surface area contributed by atoms with Crippen LogP contribution < -0.4 is 10.5 Å². The van der Waals surface area contributed by atoms with E-state index in [0.717, 1.165) is 11.4 Å². The molecule has 2 heteroatoms. The standard InChI is InChI=1S/C20H21NO/c1-13(15-8-10-17(21)11-9-15)20-14(2)18-7-5-4-6-16(18)12-19(20)22-3/h4-13H,21H2,1-3H3/t13-/m0/s1. The Labute approximate surface area is 131 Å². The molecule has 22 heavy (non-hydrogen) atoms. The molecule has 2 nitrogen and oxygen atoms in total. The lowest BCUT2D eigenvalue weighted by Crippen LogP contribution is -2.03. The molecule has 3 aromatic carbocycles. The molecule has 0 amide bonds. The molecule has 0 aliphatic heterocycles. The number of hydrogen-bond acceptors (Lipinski definition) is 2. The summed E-state index contributed by atoms with van der Waals surface area (Å²) in [5.74, 6) is 1.20. The number of fused-ring (bicyclic) bond motifs is 1. The normalized spacial score (nSPS) is 12.3. The Morgan fingerprint density at radius 2 is 1.68 bits per heavy atom. The molecule has 0 aliphatic carbocycles. The molecule has 0 unspecified atom stereocenters. The summed E-state index contributed by atoms with van der Waals surface area (Å²) in [5.41, 5.74) is 10.4. The summed E-state index contributed by atoms with van der Waals surface area (Å²) in [6.07, 6.45) is 0. The van der Waals surface area contributed by atoms with Crippen molar-refractivity contribution in [3.8, 4) is 5.75 Å². The van der Waals surface area contributed by atoms with Crippen LogP contribution in [0.15, 0.2) is 54.6 Å². The second-order valence-corrected chi connectivity index (χ2v) is 5.73. The summed E-state index contributed by atoms with van der Waals surface area (Å²) in [6.45, 7) is 4.39. The van der Waals surface area contributed by atoms with Gasteiger partial charge in [0.2, 0.25) is 0 Å². The van der Waals surface area contributed by atoms with Crippen LogP contribution in [0.1, 0.15) is 29.5 Å². The molecule has 1 atom stereocenters. The van der Waals surface area contributed by atoms with Gasteiger partial charge in [0, 0.05) is 17.2 Å². The zero-order valence-electron chi connectivity index (χ0n) is 13.3. The fourth-order valence-corrected chi connectivity index (χ4v) is 3.17. The van der Waals surface area contributed by atoms with Gasteiger partial charge in [-0.25, -0.2) is 0 Å². The maximum Gasteiger partial charge on any atom is 0.123 e. The van der Waals surface area contributed by atoms with Gasteiger partial charge in [-0.05, 0) is 47.0 Å². The summed E-state index contributed by atoms with van der Waals surface area (Å²) >= 11 is 0. The van der Waals surface area contributed by atoms with Crippen LogP contribution in [0.25, 0.3) is 10.8 Å². The first-order chi connectivity index (χ1) is 10.6. The third-order valence-electron chi connectivity index (χ3n) is 4.41. The van der Waals surface area contributed by atoms with E-state index in [0.29, 0.717) is 0 Å². The minimum absolute atomic E-state index is 0.250. The lowest BCUT2D eigenvalue weighted by Gasteiger charge is -2.21. The monoisotopic (exact) mass is 291 g/mol. The average molecular weight is 291 g/mol. The number of methoxy groups -OCH3 is 1. The Morgan fingerprint density at radius 1 is 1.00 bits per heavy atom. The van der Waals surface area contributed by atoms with Gasteiger partial charge in [-0.15, -0.1) is 0 Å². The van der Waals surface area contributed by atoms with Gasteiger partial charge in [0.1, 0.15) is 5.75 Å². The van der Waals surface area contributed by atoms with Crippen molar-refractivity contribution in [3.63, 3.8) is 0 Å². The summed E-state index contributed by atoms with van der Waals surface area (Å²) in [7, 11) is 1.74. The number of aryl methyl sites for hydroxylation is 1. The van der Waals surface area contributed by atoms with Gasteiger partial charge in [0.15, 0.2) is 0 Å². The van der Waals surface area contributed by atoms with Gasteiger partial charge in [0.05, 0.1) is 7.11 Å². The largest absolute Gasteiger partial charge is 0.496 e. The Balaban J connectivity index is 2.20. The van der Waals surface area contributed by atoms with E-state index in [-0.39, 0.29) is 5.92 Å². The van der Waals surface area contributed by atoms with E-state index in [9.17, 15) is 0 Å². The predicted molar refractivity (Wildman–Crippen MR) is 93.6 cm³/mol. The lowest BCUT2D eigenvalue weighted by molar-refractivity contribution is 0.408. The lowest BCUT2D eigenvalue weighted by atomic mass is 9.86. The molecular formula is C20H21NO. The van der Waals surface area contributed by atoms with Gasteiger partial charge < -0.3 is 10.5 Å². The van der Waals surface area contributed by atoms with E-state index in [1.165, 1.54) is 27.5 Å². The Hall–Kier alpha value is -2.48. The van der Waals surface area contributed by atoms with Crippen LogP contribution in [0, 0.1) is 6.92 Å². The maximum atomic E-state index is 5.80. The van der Waals surface area contributed by atoms with Crippen LogP contribution in [-0.2, 0) is 0 Å².